The van der Waals surface area contributed by atoms with Gasteiger partial charge in [0.15, 0.2) is 0 Å². The summed E-state index contributed by atoms with van der Waals surface area (Å²) in [4.78, 5) is 32.9. The average molecular weight is 638 g/mol. The van der Waals surface area contributed by atoms with Gasteiger partial charge >= 0.3 is 11.9 Å². The number of ether oxygens (including phenoxy) is 2. The lowest BCUT2D eigenvalue weighted by atomic mass is 9.81. The number of benzene rings is 5. The topological polar surface area (TPSA) is 71.1 Å². The number of nitrogens with one attached hydrogen (secondary N) is 1. The van der Waals surface area contributed by atoms with E-state index in [1.165, 1.54) is 14.2 Å². The summed E-state index contributed by atoms with van der Waals surface area (Å²) in [5, 5.41) is 3.57. The zero-order valence-corrected chi connectivity index (χ0v) is 27.0. The number of hydrogen-bond acceptors (Lipinski definition) is 7. The Morgan fingerprint density at radius 3 is 1.29 bits per heavy atom. The van der Waals surface area contributed by atoms with Gasteiger partial charge < -0.3 is 19.3 Å². The van der Waals surface area contributed by atoms with Gasteiger partial charge in [-0.05, 0) is 41.0 Å². The second kappa shape index (κ2) is 13.8. The van der Waals surface area contributed by atoms with Crippen LogP contribution in [-0.4, -0.2) is 38.4 Å². The van der Waals surface area contributed by atoms with Crippen LogP contribution in [0.5, 0.6) is 0 Å². The van der Waals surface area contributed by atoms with Crippen LogP contribution in [0.1, 0.15) is 34.8 Å². The molecule has 2 aliphatic rings. The van der Waals surface area contributed by atoms with Gasteiger partial charge in [0.1, 0.15) is 12.2 Å². The number of carbonyl (C=O) groups is 2. The van der Waals surface area contributed by atoms with Gasteiger partial charge in [-0.1, -0.05) is 127 Å². The predicted molar refractivity (Wildman–Crippen MR) is 187 cm³/mol. The van der Waals surface area contributed by atoms with Crippen molar-refractivity contribution in [3.63, 3.8) is 0 Å². The Hall–Kier alpha value is -5.40. The van der Waals surface area contributed by atoms with E-state index in [-0.39, 0.29) is 18.1 Å². The van der Waals surface area contributed by atoms with Crippen LogP contribution in [0, 0.1) is 11.8 Å². The van der Waals surface area contributed by atoms with Crippen LogP contribution in [0.4, 0.5) is 11.4 Å². The van der Waals surface area contributed by atoms with Crippen molar-refractivity contribution in [2.75, 3.05) is 24.0 Å². The van der Waals surface area contributed by atoms with E-state index in [9.17, 15) is 9.59 Å². The Bertz CT molecular complexity index is 1720. The van der Waals surface area contributed by atoms with Crippen LogP contribution in [0.3, 0.4) is 0 Å². The van der Waals surface area contributed by atoms with E-state index in [4.69, 9.17) is 9.47 Å². The maximum absolute atomic E-state index is 14.2. The summed E-state index contributed by atoms with van der Waals surface area (Å²) in [6, 6.07) is 49.7. The number of hydrogen-bond donors (Lipinski definition) is 1. The molecule has 0 amide bonds. The number of para-hydroxylation sites is 2. The number of methoxy groups -OCH3 is 2. The monoisotopic (exact) mass is 637 g/mol. The van der Waals surface area contributed by atoms with Gasteiger partial charge in [0.25, 0.3) is 0 Å². The maximum Gasteiger partial charge on any atom is 0.323 e. The molecule has 48 heavy (non-hydrogen) atoms. The van der Waals surface area contributed by atoms with Crippen molar-refractivity contribution in [3.05, 3.63) is 168 Å². The van der Waals surface area contributed by atoms with Crippen LogP contribution >= 0.6 is 0 Å². The fraction of sp³-hybridized carbons (Fsp3) is 0.220. The van der Waals surface area contributed by atoms with Gasteiger partial charge in [-0.2, -0.15) is 0 Å². The van der Waals surface area contributed by atoms with E-state index in [0.29, 0.717) is 0 Å². The molecule has 0 bridgehead atoms. The third kappa shape index (κ3) is 5.60. The minimum absolute atomic E-state index is 0.200. The molecule has 6 atom stereocenters. The lowest BCUT2D eigenvalue weighted by Crippen LogP contribution is -2.54. The Morgan fingerprint density at radius 1 is 0.521 bits per heavy atom. The SMILES string of the molecule is COC(=O)[C@H]1[C@H](C2N(c3ccccc3)[C@@H](c3ccccc3)[C@H](c3ccccc3)N2c2ccccc2)[C@@H](C(=O)OC)N[C@H]1c1ccccc1. The smallest absolute Gasteiger partial charge is 0.323 e. The minimum atomic E-state index is -0.822. The van der Waals surface area contributed by atoms with Crippen molar-refractivity contribution in [1.29, 1.82) is 0 Å². The Morgan fingerprint density at radius 2 is 0.896 bits per heavy atom. The van der Waals surface area contributed by atoms with Gasteiger partial charge in [-0.3, -0.25) is 14.9 Å². The molecular weight excluding hydrogens is 598 g/mol. The van der Waals surface area contributed by atoms with E-state index < -0.39 is 36.1 Å². The average Bonchev–Trinajstić information content (AvgIpc) is 3.73. The molecule has 0 radical (unpaired) electrons. The van der Waals surface area contributed by atoms with Gasteiger partial charge in [0.05, 0.1) is 32.2 Å². The van der Waals surface area contributed by atoms with E-state index in [0.717, 1.165) is 28.1 Å². The van der Waals surface area contributed by atoms with Crippen LogP contribution in [0.2, 0.25) is 0 Å². The lowest BCUT2D eigenvalue weighted by Gasteiger charge is -2.41. The van der Waals surface area contributed by atoms with Crippen molar-refractivity contribution in [3.8, 4) is 0 Å². The minimum Gasteiger partial charge on any atom is -0.469 e. The number of carbonyl (C=O) groups excluding carboxylic acids is 2. The second-order valence-electron chi connectivity index (χ2n) is 12.3. The molecule has 0 unspecified atom stereocenters. The van der Waals surface area contributed by atoms with Crippen LogP contribution < -0.4 is 15.1 Å². The third-order valence-electron chi connectivity index (χ3n) is 9.81. The highest BCUT2D eigenvalue weighted by Crippen LogP contribution is 2.56. The molecule has 5 aromatic rings. The first kappa shape index (κ1) is 31.2. The number of rotatable bonds is 8. The molecule has 242 valence electrons. The van der Waals surface area contributed by atoms with Gasteiger partial charge in [0.2, 0.25) is 0 Å². The van der Waals surface area contributed by atoms with E-state index >= 15 is 0 Å². The van der Waals surface area contributed by atoms with E-state index in [2.05, 4.69) is 87.9 Å². The van der Waals surface area contributed by atoms with Crippen LogP contribution in [0.25, 0.3) is 0 Å². The summed E-state index contributed by atoms with van der Waals surface area (Å²) < 4.78 is 11.1. The third-order valence-corrected chi connectivity index (χ3v) is 9.81. The Labute approximate surface area is 281 Å². The van der Waals surface area contributed by atoms with E-state index in [1.807, 2.05) is 78.9 Å². The van der Waals surface area contributed by atoms with Crippen molar-refractivity contribution >= 4 is 23.3 Å². The van der Waals surface area contributed by atoms with Crippen LogP contribution in [0.15, 0.2) is 152 Å². The first-order valence-corrected chi connectivity index (χ1v) is 16.4. The normalized spacial score (nSPS) is 24.0. The van der Waals surface area contributed by atoms with Crippen LogP contribution in [-0.2, 0) is 19.1 Å². The molecule has 2 saturated heterocycles. The molecule has 0 aliphatic carbocycles. The van der Waals surface area contributed by atoms with Crippen molar-refractivity contribution in [1.82, 2.24) is 5.32 Å². The molecule has 7 heteroatoms. The maximum atomic E-state index is 14.2. The second-order valence-corrected chi connectivity index (χ2v) is 12.3. The number of esters is 2. The highest BCUT2D eigenvalue weighted by Gasteiger charge is 2.61. The highest BCUT2D eigenvalue weighted by molar-refractivity contribution is 5.83. The first-order valence-electron chi connectivity index (χ1n) is 16.4. The number of anilines is 2. The molecule has 0 aromatic heterocycles. The van der Waals surface area contributed by atoms with Crippen molar-refractivity contribution in [2.24, 2.45) is 11.8 Å². The number of nitrogens with zero attached hydrogens (tertiary/aromatic N) is 2. The summed E-state index contributed by atoms with van der Waals surface area (Å²) in [6.45, 7) is 0. The summed E-state index contributed by atoms with van der Waals surface area (Å²) >= 11 is 0. The van der Waals surface area contributed by atoms with Gasteiger partial charge in [-0.15, -0.1) is 0 Å². The summed E-state index contributed by atoms with van der Waals surface area (Å²) in [5.41, 5.74) is 5.10. The molecule has 7 rings (SSSR count). The molecule has 2 aliphatic heterocycles. The standard InChI is InChI=1S/C41H39N3O4/c1-47-40(45)34-33(36(41(46)48-2)42-35(34)28-18-8-3-9-19-28)39-43(31-24-14-6-15-25-31)37(29-20-10-4-11-21-29)38(30-22-12-5-13-23-30)44(39)32-26-16-7-17-27-32/h3-27,33-39,42H,1-2H3/t33-,34-,35-,36-,37-,38-/m0/s1. The molecule has 7 nitrogen and oxygen atoms in total. The zero-order valence-electron chi connectivity index (χ0n) is 27.0. The molecule has 0 spiro atoms. The fourth-order valence-corrected chi connectivity index (χ4v) is 7.89. The largest absolute Gasteiger partial charge is 0.469 e. The molecule has 1 N–H and O–H groups in total. The lowest BCUT2D eigenvalue weighted by molar-refractivity contribution is -0.148. The fourth-order valence-electron chi connectivity index (χ4n) is 7.89. The molecule has 2 fully saturated rings. The Balaban J connectivity index is 1.54. The summed E-state index contributed by atoms with van der Waals surface area (Å²) in [5.74, 6) is -2.13. The molecule has 2 heterocycles. The first-order chi connectivity index (χ1) is 23.6. The summed E-state index contributed by atoms with van der Waals surface area (Å²) in [6.07, 6.45) is -0.500. The quantitative estimate of drug-likeness (QED) is 0.182. The molecule has 5 aromatic carbocycles. The van der Waals surface area contributed by atoms with Gasteiger partial charge in [0, 0.05) is 23.3 Å². The van der Waals surface area contributed by atoms with Crippen molar-refractivity contribution < 1.29 is 19.1 Å². The summed E-state index contributed by atoms with van der Waals surface area (Å²) in [7, 11) is 2.83. The highest BCUT2D eigenvalue weighted by atomic mass is 16.5. The van der Waals surface area contributed by atoms with E-state index in [1.54, 1.807) is 0 Å². The van der Waals surface area contributed by atoms with Crippen molar-refractivity contribution in [2.45, 2.75) is 30.3 Å². The molecular formula is C41H39N3O4. The molecule has 0 saturated carbocycles. The Kier molecular flexibility index (Phi) is 8.95. The predicted octanol–water partition coefficient (Wildman–Crippen LogP) is 7.11. The van der Waals surface area contributed by atoms with Gasteiger partial charge in [-0.25, -0.2) is 0 Å². The zero-order chi connectivity index (χ0) is 33.0.